The van der Waals surface area contributed by atoms with Crippen molar-refractivity contribution in [2.75, 3.05) is 0 Å². The number of fused-ring (bicyclic) bond motifs is 2. The third-order valence-corrected chi connectivity index (χ3v) is 5.61. The van der Waals surface area contributed by atoms with Crippen LogP contribution in [0.2, 0.25) is 0 Å². The van der Waals surface area contributed by atoms with Crippen LogP contribution in [0.1, 0.15) is 28.7 Å². The second-order valence-electron chi connectivity index (χ2n) is 7.55. The van der Waals surface area contributed by atoms with Gasteiger partial charge in [0.2, 0.25) is 0 Å². The van der Waals surface area contributed by atoms with Crippen LogP contribution in [0, 0.1) is 0 Å². The first-order valence-electron chi connectivity index (χ1n) is 9.59. The lowest BCUT2D eigenvalue weighted by molar-refractivity contribution is 0.474. The molecule has 136 valence electrons. The van der Waals surface area contributed by atoms with E-state index in [1.807, 2.05) is 12.1 Å². The van der Waals surface area contributed by atoms with E-state index < -0.39 is 5.66 Å². The molecule has 28 heavy (non-hydrogen) atoms. The molecule has 0 amide bonds. The highest BCUT2D eigenvalue weighted by atomic mass is 15.0. The van der Waals surface area contributed by atoms with Crippen molar-refractivity contribution in [3.63, 3.8) is 0 Å². The Hall–Kier alpha value is -3.20. The number of rotatable bonds is 2. The molecule has 1 aliphatic carbocycles. The Labute approximate surface area is 165 Å². The van der Waals surface area contributed by atoms with Gasteiger partial charge in [-0.2, -0.15) is 0 Å². The van der Waals surface area contributed by atoms with Gasteiger partial charge in [-0.1, -0.05) is 84.9 Å². The molecule has 0 aromatic heterocycles. The molecule has 0 aliphatic heterocycles. The standard InChI is InChI=1S/C26H22N2/c27-26(28)17-23(18-9-3-1-4-10-18)25(19-11-5-2-6-12-19)22-15-20-13-7-8-14-21(20)16-24(22)26/h1-16H,17,27-28H2. The Balaban J connectivity index is 1.89. The van der Waals surface area contributed by atoms with Gasteiger partial charge in [0.25, 0.3) is 0 Å². The van der Waals surface area contributed by atoms with Crippen LogP contribution in [-0.2, 0) is 5.66 Å². The highest BCUT2D eigenvalue weighted by Gasteiger charge is 2.34. The highest BCUT2D eigenvalue weighted by molar-refractivity contribution is 6.04. The first-order chi connectivity index (χ1) is 13.6. The molecule has 0 spiro atoms. The molecule has 0 saturated carbocycles. The molecule has 2 heteroatoms. The van der Waals surface area contributed by atoms with Crippen molar-refractivity contribution in [3.8, 4) is 0 Å². The predicted molar refractivity (Wildman–Crippen MR) is 117 cm³/mol. The van der Waals surface area contributed by atoms with Crippen LogP contribution < -0.4 is 11.5 Å². The van der Waals surface area contributed by atoms with E-state index in [1.54, 1.807) is 0 Å². The number of hydrogen-bond donors (Lipinski definition) is 2. The monoisotopic (exact) mass is 362 g/mol. The average molecular weight is 362 g/mol. The summed E-state index contributed by atoms with van der Waals surface area (Å²) in [4.78, 5) is 0. The summed E-state index contributed by atoms with van der Waals surface area (Å²) in [6, 6.07) is 33.8. The Bertz CT molecular complexity index is 1190. The van der Waals surface area contributed by atoms with Crippen molar-refractivity contribution >= 4 is 21.9 Å². The van der Waals surface area contributed by atoms with Gasteiger partial charge in [0.15, 0.2) is 0 Å². The Morgan fingerprint density at radius 1 is 0.607 bits per heavy atom. The minimum Gasteiger partial charge on any atom is -0.309 e. The average Bonchev–Trinajstić information content (AvgIpc) is 2.73. The summed E-state index contributed by atoms with van der Waals surface area (Å²) in [5.41, 5.74) is 19.4. The van der Waals surface area contributed by atoms with Crippen LogP contribution in [0.5, 0.6) is 0 Å². The highest BCUT2D eigenvalue weighted by Crippen LogP contribution is 2.45. The fraction of sp³-hybridized carbons (Fsp3) is 0.0769. The zero-order valence-corrected chi connectivity index (χ0v) is 15.6. The van der Waals surface area contributed by atoms with Crippen LogP contribution in [0.4, 0.5) is 0 Å². The van der Waals surface area contributed by atoms with Crippen LogP contribution >= 0.6 is 0 Å². The first kappa shape index (κ1) is 16.9. The minimum absolute atomic E-state index is 0.590. The third kappa shape index (κ3) is 2.75. The number of nitrogens with two attached hydrogens (primary N) is 2. The maximum absolute atomic E-state index is 6.69. The first-order valence-corrected chi connectivity index (χ1v) is 9.59. The lowest BCUT2D eigenvalue weighted by atomic mass is 9.74. The van der Waals surface area contributed by atoms with Gasteiger partial charge in [-0.15, -0.1) is 0 Å². The lowest BCUT2D eigenvalue weighted by Crippen LogP contribution is -2.48. The summed E-state index contributed by atoms with van der Waals surface area (Å²) < 4.78 is 0. The van der Waals surface area contributed by atoms with Crippen molar-refractivity contribution < 1.29 is 0 Å². The van der Waals surface area contributed by atoms with E-state index in [0.717, 1.165) is 16.5 Å². The molecule has 1 aliphatic rings. The van der Waals surface area contributed by atoms with E-state index in [9.17, 15) is 0 Å². The molecule has 0 radical (unpaired) electrons. The van der Waals surface area contributed by atoms with Gasteiger partial charge in [0, 0.05) is 6.42 Å². The molecule has 0 unspecified atom stereocenters. The van der Waals surface area contributed by atoms with Crippen molar-refractivity contribution in [1.29, 1.82) is 0 Å². The van der Waals surface area contributed by atoms with E-state index in [2.05, 4.69) is 84.9 Å². The van der Waals surface area contributed by atoms with Crippen LogP contribution in [0.3, 0.4) is 0 Å². The van der Waals surface area contributed by atoms with Gasteiger partial charge in [-0.3, -0.25) is 0 Å². The molecule has 0 fully saturated rings. The maximum Gasteiger partial charge on any atom is 0.0947 e. The quantitative estimate of drug-likeness (QED) is 0.477. The molecule has 4 N–H and O–H groups in total. The van der Waals surface area contributed by atoms with Crippen LogP contribution in [-0.4, -0.2) is 0 Å². The van der Waals surface area contributed by atoms with Gasteiger partial charge in [-0.25, -0.2) is 0 Å². The third-order valence-electron chi connectivity index (χ3n) is 5.61. The van der Waals surface area contributed by atoms with E-state index in [4.69, 9.17) is 11.5 Å². The molecule has 4 aromatic carbocycles. The van der Waals surface area contributed by atoms with Crippen LogP contribution in [0.15, 0.2) is 97.1 Å². The molecular weight excluding hydrogens is 340 g/mol. The molecule has 0 saturated heterocycles. The summed E-state index contributed by atoms with van der Waals surface area (Å²) in [5.74, 6) is 0. The summed E-state index contributed by atoms with van der Waals surface area (Å²) >= 11 is 0. The fourth-order valence-corrected chi connectivity index (χ4v) is 4.29. The second kappa shape index (κ2) is 6.45. The zero-order valence-electron chi connectivity index (χ0n) is 15.6. The predicted octanol–water partition coefficient (Wildman–Crippen LogP) is 5.27. The van der Waals surface area contributed by atoms with Gasteiger partial charge >= 0.3 is 0 Å². The smallest absolute Gasteiger partial charge is 0.0947 e. The topological polar surface area (TPSA) is 52.0 Å². The molecular formula is C26H22N2. The molecule has 4 aromatic rings. The summed E-state index contributed by atoms with van der Waals surface area (Å²) in [5, 5.41) is 2.36. The lowest BCUT2D eigenvalue weighted by Gasteiger charge is -2.36. The normalized spacial score (nSPS) is 15.5. The number of hydrogen-bond acceptors (Lipinski definition) is 2. The summed E-state index contributed by atoms with van der Waals surface area (Å²) in [6.07, 6.45) is 0.590. The maximum atomic E-state index is 6.69. The Morgan fingerprint density at radius 3 is 1.79 bits per heavy atom. The Morgan fingerprint density at radius 2 is 1.14 bits per heavy atom. The minimum atomic E-state index is -0.914. The number of benzene rings is 4. The molecule has 5 rings (SSSR count). The molecule has 0 bridgehead atoms. The van der Waals surface area contributed by atoms with Crippen LogP contribution in [0.25, 0.3) is 21.9 Å². The van der Waals surface area contributed by atoms with E-state index >= 15 is 0 Å². The van der Waals surface area contributed by atoms with Crippen molar-refractivity contribution in [1.82, 2.24) is 0 Å². The molecule has 0 heterocycles. The molecule has 2 nitrogen and oxygen atoms in total. The second-order valence-corrected chi connectivity index (χ2v) is 7.55. The van der Waals surface area contributed by atoms with Crippen molar-refractivity contribution in [2.24, 2.45) is 11.5 Å². The SMILES string of the molecule is NC1(N)CC(c2ccccc2)=C(c2ccccc2)c2cc3ccccc3cc21. The Kier molecular flexibility index (Phi) is 3.90. The zero-order chi connectivity index (χ0) is 19.1. The fourth-order valence-electron chi connectivity index (χ4n) is 4.29. The largest absolute Gasteiger partial charge is 0.309 e. The van der Waals surface area contributed by atoms with Crippen molar-refractivity contribution in [3.05, 3.63) is 119 Å². The summed E-state index contributed by atoms with van der Waals surface area (Å²) in [7, 11) is 0. The van der Waals surface area contributed by atoms with Crippen molar-refractivity contribution in [2.45, 2.75) is 12.1 Å². The van der Waals surface area contributed by atoms with E-state index in [0.29, 0.717) is 6.42 Å². The van der Waals surface area contributed by atoms with Gasteiger partial charge in [0.05, 0.1) is 5.66 Å². The van der Waals surface area contributed by atoms with E-state index in [-0.39, 0.29) is 0 Å². The van der Waals surface area contributed by atoms with Gasteiger partial charge in [-0.05, 0) is 56.3 Å². The van der Waals surface area contributed by atoms with Gasteiger partial charge in [0.1, 0.15) is 0 Å². The summed E-state index contributed by atoms with van der Waals surface area (Å²) in [6.45, 7) is 0. The molecule has 0 atom stereocenters. The van der Waals surface area contributed by atoms with E-state index in [1.165, 1.54) is 27.7 Å². The van der Waals surface area contributed by atoms with Gasteiger partial charge < -0.3 is 11.5 Å².